The van der Waals surface area contributed by atoms with Gasteiger partial charge in [-0.1, -0.05) is 27.4 Å². The summed E-state index contributed by atoms with van der Waals surface area (Å²) in [5, 5.41) is 0. The lowest BCUT2D eigenvalue weighted by atomic mass is 9.95. The first-order valence-corrected chi connectivity index (χ1v) is 4.99. The highest BCUT2D eigenvalue weighted by atomic mass is 16.6. The van der Waals surface area contributed by atoms with Crippen molar-refractivity contribution in [2.75, 3.05) is 13.1 Å². The largest absolute Gasteiger partial charge is 0.415 e. The molecule has 0 aliphatic heterocycles. The Morgan fingerprint density at radius 2 is 1.71 bits per heavy atom. The van der Waals surface area contributed by atoms with Gasteiger partial charge in [-0.2, -0.15) is 0 Å². The molecule has 0 unspecified atom stereocenters. The fraction of sp³-hybridized carbons (Fsp3) is 0.727. The second-order valence-electron chi connectivity index (χ2n) is 4.21. The lowest BCUT2D eigenvalue weighted by molar-refractivity contribution is 0.115. The molecule has 0 heterocycles. The predicted molar refractivity (Wildman–Crippen MR) is 58.0 cm³/mol. The van der Waals surface area contributed by atoms with Gasteiger partial charge in [0.05, 0.1) is 0 Å². The Hall–Kier alpha value is -0.990. The first kappa shape index (κ1) is 13.0. The number of nitrogens with zero attached hydrogens (tertiary/aromatic N) is 1. The fourth-order valence-corrected chi connectivity index (χ4v) is 0.805. The number of rotatable bonds is 3. The number of amides is 1. The van der Waals surface area contributed by atoms with E-state index >= 15 is 0 Å². The van der Waals surface area contributed by atoms with E-state index in [4.69, 9.17) is 4.74 Å². The molecule has 3 nitrogen and oxygen atoms in total. The van der Waals surface area contributed by atoms with Crippen molar-refractivity contribution in [3.05, 3.63) is 12.3 Å². The van der Waals surface area contributed by atoms with E-state index in [2.05, 4.69) is 6.58 Å². The van der Waals surface area contributed by atoms with Crippen LogP contribution in [0.1, 0.15) is 34.6 Å². The van der Waals surface area contributed by atoms with Crippen LogP contribution < -0.4 is 0 Å². The topological polar surface area (TPSA) is 29.5 Å². The van der Waals surface area contributed by atoms with E-state index in [0.717, 1.165) is 0 Å². The van der Waals surface area contributed by atoms with Crippen LogP contribution >= 0.6 is 0 Å². The zero-order valence-corrected chi connectivity index (χ0v) is 9.89. The van der Waals surface area contributed by atoms with Gasteiger partial charge in [-0.15, -0.1) is 0 Å². The molecule has 0 N–H and O–H groups in total. The van der Waals surface area contributed by atoms with Gasteiger partial charge in [0.1, 0.15) is 5.76 Å². The van der Waals surface area contributed by atoms with Crippen LogP contribution in [0.2, 0.25) is 0 Å². The highest BCUT2D eigenvalue weighted by molar-refractivity contribution is 5.68. The summed E-state index contributed by atoms with van der Waals surface area (Å²) in [7, 11) is 0. The van der Waals surface area contributed by atoms with Crippen molar-refractivity contribution < 1.29 is 9.53 Å². The molecule has 14 heavy (non-hydrogen) atoms. The van der Waals surface area contributed by atoms with Gasteiger partial charge in [0, 0.05) is 18.5 Å². The molecule has 82 valence electrons. The van der Waals surface area contributed by atoms with Gasteiger partial charge in [-0.25, -0.2) is 4.79 Å². The van der Waals surface area contributed by atoms with E-state index in [-0.39, 0.29) is 11.5 Å². The molecule has 0 aromatic carbocycles. The maximum atomic E-state index is 11.5. The first-order valence-electron chi connectivity index (χ1n) is 4.99. The SMILES string of the molecule is C=C(OC(=O)N(CC)CC)C(C)(C)C. The quantitative estimate of drug-likeness (QED) is 0.654. The molecule has 0 atom stereocenters. The zero-order valence-electron chi connectivity index (χ0n) is 9.89. The summed E-state index contributed by atoms with van der Waals surface area (Å²) in [6.45, 7) is 14.8. The Bertz CT molecular complexity index is 212. The monoisotopic (exact) mass is 199 g/mol. The molecular formula is C11H21NO2. The van der Waals surface area contributed by atoms with Gasteiger partial charge in [0.2, 0.25) is 0 Å². The molecule has 0 aromatic heterocycles. The summed E-state index contributed by atoms with van der Waals surface area (Å²) in [4.78, 5) is 13.1. The second kappa shape index (κ2) is 5.03. The highest BCUT2D eigenvalue weighted by Crippen LogP contribution is 2.24. The van der Waals surface area contributed by atoms with Crippen LogP contribution in [0.3, 0.4) is 0 Å². The summed E-state index contributed by atoms with van der Waals surface area (Å²) in [6.07, 6.45) is -0.310. The van der Waals surface area contributed by atoms with Gasteiger partial charge in [-0.05, 0) is 13.8 Å². The molecule has 0 rings (SSSR count). The Morgan fingerprint density at radius 1 is 1.29 bits per heavy atom. The number of hydrogen-bond donors (Lipinski definition) is 0. The van der Waals surface area contributed by atoms with Gasteiger partial charge >= 0.3 is 6.09 Å². The summed E-state index contributed by atoms with van der Waals surface area (Å²) >= 11 is 0. The van der Waals surface area contributed by atoms with Crippen LogP contribution in [-0.4, -0.2) is 24.1 Å². The van der Waals surface area contributed by atoms with Crippen molar-refractivity contribution >= 4 is 6.09 Å². The van der Waals surface area contributed by atoms with E-state index < -0.39 is 0 Å². The highest BCUT2D eigenvalue weighted by Gasteiger charge is 2.21. The molecule has 3 heteroatoms. The number of hydrogen-bond acceptors (Lipinski definition) is 2. The Morgan fingerprint density at radius 3 is 2.00 bits per heavy atom. The summed E-state index contributed by atoms with van der Waals surface area (Å²) < 4.78 is 5.15. The lowest BCUT2D eigenvalue weighted by Gasteiger charge is -2.24. The molecule has 0 radical (unpaired) electrons. The molecule has 0 fully saturated rings. The van der Waals surface area contributed by atoms with Crippen LogP contribution in [0.25, 0.3) is 0 Å². The van der Waals surface area contributed by atoms with Gasteiger partial charge in [0.15, 0.2) is 0 Å². The molecule has 0 bridgehead atoms. The number of carbonyl (C=O) groups excluding carboxylic acids is 1. The van der Waals surface area contributed by atoms with E-state index in [1.165, 1.54) is 0 Å². The standard InChI is InChI=1S/C11H21NO2/c1-7-12(8-2)10(13)14-9(3)11(4,5)6/h3,7-8H2,1-2,4-6H3. The third-order valence-corrected chi connectivity index (χ3v) is 2.07. The normalized spacial score (nSPS) is 10.9. The van der Waals surface area contributed by atoms with Crippen molar-refractivity contribution in [2.45, 2.75) is 34.6 Å². The first-order chi connectivity index (χ1) is 6.32. The Labute approximate surface area is 86.7 Å². The van der Waals surface area contributed by atoms with E-state index in [1.54, 1.807) is 4.90 Å². The van der Waals surface area contributed by atoms with Gasteiger partial charge < -0.3 is 9.64 Å². The average molecular weight is 199 g/mol. The van der Waals surface area contributed by atoms with Crippen LogP contribution in [0.5, 0.6) is 0 Å². The van der Waals surface area contributed by atoms with Crippen LogP contribution in [0, 0.1) is 5.41 Å². The minimum absolute atomic E-state index is 0.192. The van der Waals surface area contributed by atoms with Crippen molar-refractivity contribution in [1.29, 1.82) is 0 Å². The molecule has 0 aliphatic carbocycles. The molecule has 0 spiro atoms. The Balaban J connectivity index is 4.26. The second-order valence-corrected chi connectivity index (χ2v) is 4.21. The molecule has 0 saturated carbocycles. The zero-order chi connectivity index (χ0) is 11.4. The van der Waals surface area contributed by atoms with Crippen molar-refractivity contribution in [3.8, 4) is 0 Å². The smallest absolute Gasteiger partial charge is 0.414 e. The Kier molecular flexibility index (Phi) is 4.68. The summed E-state index contributed by atoms with van der Waals surface area (Å²) in [5.74, 6) is 0.509. The van der Waals surface area contributed by atoms with Crippen LogP contribution in [0.4, 0.5) is 4.79 Å². The molecule has 0 saturated heterocycles. The van der Waals surface area contributed by atoms with E-state index in [9.17, 15) is 4.79 Å². The van der Waals surface area contributed by atoms with Crippen LogP contribution in [0.15, 0.2) is 12.3 Å². The fourth-order valence-electron chi connectivity index (χ4n) is 0.805. The summed E-state index contributed by atoms with van der Waals surface area (Å²) in [6, 6.07) is 0. The number of carbonyl (C=O) groups is 1. The summed E-state index contributed by atoms with van der Waals surface area (Å²) in [5.41, 5.74) is -0.192. The third-order valence-electron chi connectivity index (χ3n) is 2.07. The maximum absolute atomic E-state index is 11.5. The van der Waals surface area contributed by atoms with E-state index in [0.29, 0.717) is 18.8 Å². The third kappa shape index (κ3) is 3.81. The average Bonchev–Trinajstić information content (AvgIpc) is 2.04. The lowest BCUT2D eigenvalue weighted by Crippen LogP contribution is -2.32. The minimum Gasteiger partial charge on any atom is -0.415 e. The minimum atomic E-state index is -0.310. The number of ether oxygens (including phenoxy) is 1. The van der Waals surface area contributed by atoms with Gasteiger partial charge in [0.25, 0.3) is 0 Å². The van der Waals surface area contributed by atoms with E-state index in [1.807, 2.05) is 34.6 Å². The van der Waals surface area contributed by atoms with Crippen molar-refractivity contribution in [1.82, 2.24) is 4.90 Å². The number of allylic oxidation sites excluding steroid dienone is 1. The molecule has 1 amide bonds. The predicted octanol–water partition coefficient (Wildman–Crippen LogP) is 3.02. The molecule has 0 aliphatic rings. The molecule has 0 aromatic rings. The van der Waals surface area contributed by atoms with Crippen molar-refractivity contribution in [2.24, 2.45) is 5.41 Å². The van der Waals surface area contributed by atoms with Gasteiger partial charge in [-0.3, -0.25) is 0 Å². The van der Waals surface area contributed by atoms with Crippen molar-refractivity contribution in [3.63, 3.8) is 0 Å². The maximum Gasteiger partial charge on any atom is 0.414 e. The molecular weight excluding hydrogens is 178 g/mol. The van der Waals surface area contributed by atoms with Crippen LogP contribution in [-0.2, 0) is 4.74 Å².